The molecule has 2 atom stereocenters. The first-order valence-corrected chi connectivity index (χ1v) is 12.5. The molecule has 0 saturated carbocycles. The summed E-state index contributed by atoms with van der Waals surface area (Å²) in [6, 6.07) is 13.5. The van der Waals surface area contributed by atoms with Gasteiger partial charge in [0.1, 0.15) is 11.1 Å². The number of carbonyl (C=O) groups excluding carboxylic acids is 1. The summed E-state index contributed by atoms with van der Waals surface area (Å²) >= 11 is 0. The van der Waals surface area contributed by atoms with Crippen molar-refractivity contribution in [2.75, 3.05) is 13.2 Å². The number of primary amides is 1. The first kappa shape index (κ1) is 22.9. The molecule has 2 fully saturated rings. The maximum Gasteiger partial charge on any atom is 0.228 e. The number of nitrogens with two attached hydrogens (primary N) is 1. The lowest BCUT2D eigenvalue weighted by Crippen LogP contribution is -2.46. The van der Waals surface area contributed by atoms with E-state index in [1.807, 2.05) is 37.3 Å². The molecule has 32 heavy (non-hydrogen) atoms. The molecule has 2 N–H and O–H groups in total. The van der Waals surface area contributed by atoms with Crippen LogP contribution >= 0.6 is 0 Å². The summed E-state index contributed by atoms with van der Waals surface area (Å²) < 4.78 is 48.8. The number of carbonyl (C=O) groups is 1. The van der Waals surface area contributed by atoms with Crippen LogP contribution in [0.2, 0.25) is 0 Å². The molecule has 172 valence electrons. The summed E-state index contributed by atoms with van der Waals surface area (Å²) in [6.07, 6.45) is 2.03. The normalized spacial score (nSPS) is 25.3. The molecule has 0 bridgehead atoms. The third kappa shape index (κ3) is 4.07. The van der Waals surface area contributed by atoms with Crippen molar-refractivity contribution in [3.63, 3.8) is 0 Å². The molecule has 0 aliphatic carbocycles. The van der Waals surface area contributed by atoms with Crippen molar-refractivity contribution in [2.24, 2.45) is 5.73 Å². The van der Waals surface area contributed by atoms with E-state index in [0.29, 0.717) is 44.5 Å². The number of amides is 1. The van der Waals surface area contributed by atoms with Crippen molar-refractivity contribution in [1.82, 2.24) is 4.31 Å². The summed E-state index contributed by atoms with van der Waals surface area (Å²) in [5, 5.41) is -0.636. The number of hydrogen-bond acceptors (Lipinski definition) is 4. The van der Waals surface area contributed by atoms with E-state index in [0.717, 1.165) is 5.56 Å². The predicted octanol–water partition coefficient (Wildman–Crippen LogP) is 3.41. The maximum absolute atomic E-state index is 15.2. The first-order valence-electron chi connectivity index (χ1n) is 11.0. The molecule has 2 aliphatic rings. The van der Waals surface area contributed by atoms with Gasteiger partial charge in [0.25, 0.3) is 0 Å². The average Bonchev–Trinajstić information content (AvgIpc) is 2.78. The summed E-state index contributed by atoms with van der Waals surface area (Å²) in [5.41, 5.74) is 6.29. The standard InChI is InChI=1S/C24H29FN2O4S/c1-17-7-10-22(18-5-3-2-4-6-18)32(29,30)27(17)16-19-8-9-20(15-21(19)25)24(23(26)28)11-13-31-14-12-24/h2-6,8-9,15,17,22H,7,10-14,16H2,1H3,(H2,26,28)/t17-,22+/m0/s1. The zero-order valence-corrected chi connectivity index (χ0v) is 19.0. The molecule has 8 heteroatoms. The fourth-order valence-electron chi connectivity index (χ4n) is 4.89. The summed E-state index contributed by atoms with van der Waals surface area (Å²) in [7, 11) is -3.66. The van der Waals surface area contributed by atoms with Gasteiger partial charge in [-0.2, -0.15) is 4.31 Å². The Balaban J connectivity index is 1.62. The molecule has 6 nitrogen and oxygen atoms in total. The molecule has 2 saturated heterocycles. The van der Waals surface area contributed by atoms with Gasteiger partial charge in [-0.25, -0.2) is 12.8 Å². The zero-order valence-electron chi connectivity index (χ0n) is 18.2. The molecule has 2 aromatic rings. The molecule has 4 rings (SSSR count). The van der Waals surface area contributed by atoms with Crippen molar-refractivity contribution < 1.29 is 22.3 Å². The molecule has 0 unspecified atom stereocenters. The second-order valence-electron chi connectivity index (χ2n) is 8.78. The highest BCUT2D eigenvalue weighted by atomic mass is 32.2. The lowest BCUT2D eigenvalue weighted by molar-refractivity contribution is -0.127. The quantitative estimate of drug-likeness (QED) is 0.740. The van der Waals surface area contributed by atoms with Crippen LogP contribution in [0.25, 0.3) is 0 Å². The van der Waals surface area contributed by atoms with Gasteiger partial charge in [-0.1, -0.05) is 42.5 Å². The Labute approximate surface area is 188 Å². The number of nitrogens with zero attached hydrogens (tertiary/aromatic N) is 1. The molecule has 1 amide bonds. The van der Waals surface area contributed by atoms with E-state index in [4.69, 9.17) is 10.5 Å². The SMILES string of the molecule is C[C@H]1CC[C@H](c2ccccc2)S(=O)(=O)N1Cc1ccc(C2(C(N)=O)CCOCC2)cc1F. The molecular weight excluding hydrogens is 431 g/mol. The fraction of sp³-hybridized carbons (Fsp3) is 0.458. The van der Waals surface area contributed by atoms with E-state index in [-0.39, 0.29) is 18.2 Å². The van der Waals surface area contributed by atoms with Crippen LogP contribution in [0.1, 0.15) is 54.5 Å². The molecule has 2 aliphatic heterocycles. The number of sulfonamides is 1. The zero-order chi connectivity index (χ0) is 22.9. The van der Waals surface area contributed by atoms with Crippen molar-refractivity contribution in [1.29, 1.82) is 0 Å². The van der Waals surface area contributed by atoms with Crippen LogP contribution in [0.5, 0.6) is 0 Å². The minimum Gasteiger partial charge on any atom is -0.381 e. The van der Waals surface area contributed by atoms with Gasteiger partial charge in [-0.15, -0.1) is 0 Å². The van der Waals surface area contributed by atoms with E-state index < -0.39 is 32.4 Å². The van der Waals surface area contributed by atoms with Crippen molar-refractivity contribution >= 4 is 15.9 Å². The van der Waals surface area contributed by atoms with Crippen LogP contribution in [0, 0.1) is 5.82 Å². The Morgan fingerprint density at radius 2 is 1.84 bits per heavy atom. The summed E-state index contributed by atoms with van der Waals surface area (Å²) in [6.45, 7) is 2.58. The second kappa shape index (κ2) is 8.92. The number of ether oxygens (including phenoxy) is 1. The van der Waals surface area contributed by atoms with Crippen molar-refractivity contribution in [3.05, 3.63) is 71.0 Å². The predicted molar refractivity (Wildman–Crippen MR) is 120 cm³/mol. The topological polar surface area (TPSA) is 89.7 Å². The smallest absolute Gasteiger partial charge is 0.228 e. The van der Waals surface area contributed by atoms with Gasteiger partial charge in [0.15, 0.2) is 0 Å². The van der Waals surface area contributed by atoms with Crippen LogP contribution in [-0.2, 0) is 31.5 Å². The van der Waals surface area contributed by atoms with Crippen molar-refractivity contribution in [3.8, 4) is 0 Å². The van der Waals surface area contributed by atoms with E-state index in [9.17, 15) is 13.2 Å². The van der Waals surface area contributed by atoms with Gasteiger partial charge < -0.3 is 10.5 Å². The summed E-state index contributed by atoms with van der Waals surface area (Å²) in [4.78, 5) is 12.2. The Kier molecular flexibility index (Phi) is 6.38. The number of hydrogen-bond donors (Lipinski definition) is 1. The van der Waals surface area contributed by atoms with Gasteiger partial charge in [-0.3, -0.25) is 4.79 Å². The van der Waals surface area contributed by atoms with Gasteiger partial charge >= 0.3 is 0 Å². The third-order valence-electron chi connectivity index (χ3n) is 6.95. The number of benzene rings is 2. The molecule has 0 radical (unpaired) electrons. The lowest BCUT2D eigenvalue weighted by Gasteiger charge is -2.38. The highest BCUT2D eigenvalue weighted by Gasteiger charge is 2.42. The summed E-state index contributed by atoms with van der Waals surface area (Å²) in [5.74, 6) is -1.02. The van der Waals surface area contributed by atoms with Crippen molar-refractivity contribution in [2.45, 2.75) is 55.9 Å². The Morgan fingerprint density at radius 3 is 2.47 bits per heavy atom. The highest BCUT2D eigenvalue weighted by Crippen LogP contribution is 2.39. The second-order valence-corrected chi connectivity index (χ2v) is 10.8. The minimum absolute atomic E-state index is 0.0500. The first-order chi connectivity index (χ1) is 15.3. The van der Waals surface area contributed by atoms with Crippen LogP contribution in [-0.4, -0.2) is 37.9 Å². The van der Waals surface area contributed by atoms with Crippen LogP contribution in [0.4, 0.5) is 4.39 Å². The molecule has 0 spiro atoms. The van der Waals surface area contributed by atoms with E-state index in [2.05, 4.69) is 0 Å². The lowest BCUT2D eigenvalue weighted by atomic mass is 9.73. The molecular formula is C24H29FN2O4S. The van der Waals surface area contributed by atoms with Crippen LogP contribution < -0.4 is 5.73 Å². The fourth-order valence-corrected chi connectivity index (χ4v) is 7.08. The Bertz CT molecular complexity index is 1080. The Hall–Kier alpha value is -2.29. The van der Waals surface area contributed by atoms with Gasteiger partial charge in [0.05, 0.1) is 5.41 Å². The van der Waals surface area contributed by atoms with Crippen LogP contribution in [0.3, 0.4) is 0 Å². The minimum atomic E-state index is -3.66. The number of halogens is 1. The van der Waals surface area contributed by atoms with E-state index in [1.54, 1.807) is 12.1 Å². The highest BCUT2D eigenvalue weighted by molar-refractivity contribution is 7.89. The third-order valence-corrected chi connectivity index (χ3v) is 9.32. The maximum atomic E-state index is 15.2. The Morgan fingerprint density at radius 1 is 1.16 bits per heavy atom. The van der Waals surface area contributed by atoms with Gasteiger partial charge in [0.2, 0.25) is 15.9 Å². The molecule has 0 aromatic heterocycles. The van der Waals surface area contributed by atoms with Crippen LogP contribution in [0.15, 0.2) is 48.5 Å². The number of rotatable bonds is 5. The van der Waals surface area contributed by atoms with Gasteiger partial charge in [-0.05, 0) is 49.8 Å². The molecule has 2 aromatic carbocycles. The van der Waals surface area contributed by atoms with Gasteiger partial charge in [0, 0.05) is 31.4 Å². The average molecular weight is 461 g/mol. The van der Waals surface area contributed by atoms with E-state index >= 15 is 4.39 Å². The monoisotopic (exact) mass is 460 g/mol. The van der Waals surface area contributed by atoms with E-state index in [1.165, 1.54) is 10.4 Å². The molecule has 2 heterocycles. The largest absolute Gasteiger partial charge is 0.381 e.